The molecule has 1 aromatic heterocycles. The van der Waals surface area contributed by atoms with Gasteiger partial charge in [-0.1, -0.05) is 13.8 Å². The van der Waals surface area contributed by atoms with Gasteiger partial charge in [0.2, 0.25) is 14.2 Å². The lowest BCUT2D eigenvalue weighted by molar-refractivity contribution is 0.249. The van der Waals surface area contributed by atoms with E-state index in [4.69, 9.17) is 0 Å². The van der Waals surface area contributed by atoms with Crippen molar-refractivity contribution in [3.63, 3.8) is 0 Å². The summed E-state index contributed by atoms with van der Waals surface area (Å²) in [6.07, 6.45) is 1.40. The minimum atomic E-state index is -3.32. The average Bonchev–Trinajstić information content (AvgIpc) is 2.91. The topological polar surface area (TPSA) is 88.2 Å². The van der Waals surface area contributed by atoms with Crippen molar-refractivity contribution in [2.75, 3.05) is 11.1 Å². The molecule has 23 heavy (non-hydrogen) atoms. The molecule has 2 amide bonds. The maximum absolute atomic E-state index is 12.1. The van der Waals surface area contributed by atoms with Gasteiger partial charge in [0.1, 0.15) is 0 Å². The quantitative estimate of drug-likeness (QED) is 0.831. The molecule has 1 atom stereocenters. The molecule has 2 rings (SSSR count). The Balaban J connectivity index is 2.21. The number of hydrogen-bond donors (Lipinski definition) is 2. The Morgan fingerprint density at radius 3 is 2.74 bits per heavy atom. The van der Waals surface area contributed by atoms with Crippen LogP contribution in [0.25, 0.3) is 10.2 Å². The third-order valence-electron chi connectivity index (χ3n) is 3.36. The fraction of sp³-hybridized carbons (Fsp3) is 0.467. The lowest BCUT2D eigenvalue weighted by Gasteiger charge is -2.12. The van der Waals surface area contributed by atoms with Gasteiger partial charge in [0.05, 0.1) is 16.0 Å². The van der Waals surface area contributed by atoms with Gasteiger partial charge in [-0.2, -0.15) is 0 Å². The average molecular weight is 355 g/mol. The Kier molecular flexibility index (Phi) is 5.59. The van der Waals surface area contributed by atoms with Crippen molar-refractivity contribution >= 4 is 43.1 Å². The predicted molar refractivity (Wildman–Crippen MR) is 93.9 cm³/mol. The normalized spacial score (nSPS) is 13.0. The van der Waals surface area contributed by atoms with Crippen molar-refractivity contribution in [2.45, 2.75) is 44.0 Å². The molecule has 1 aromatic carbocycles. The number of aromatic nitrogens is 1. The van der Waals surface area contributed by atoms with Crippen LogP contribution in [-0.4, -0.2) is 31.2 Å². The van der Waals surface area contributed by atoms with Crippen LogP contribution in [0.5, 0.6) is 0 Å². The second-order valence-corrected chi connectivity index (χ2v) is 8.70. The van der Waals surface area contributed by atoms with E-state index < -0.39 is 9.84 Å². The molecule has 0 aliphatic heterocycles. The lowest BCUT2D eigenvalue weighted by Crippen LogP contribution is -2.35. The van der Waals surface area contributed by atoms with Crippen molar-refractivity contribution in [3.8, 4) is 0 Å². The van der Waals surface area contributed by atoms with Crippen LogP contribution in [0.15, 0.2) is 22.5 Å². The summed E-state index contributed by atoms with van der Waals surface area (Å²) in [4.78, 5) is 16.0. The fourth-order valence-corrected chi connectivity index (χ4v) is 4.68. The van der Waals surface area contributed by atoms with Crippen LogP contribution in [0.2, 0.25) is 0 Å². The molecule has 0 fully saturated rings. The molecule has 0 unspecified atom stereocenters. The summed E-state index contributed by atoms with van der Waals surface area (Å²) in [5.74, 6) is 0.0925. The van der Waals surface area contributed by atoms with E-state index in [1.165, 1.54) is 0 Å². The summed E-state index contributed by atoms with van der Waals surface area (Å²) in [7, 11) is -3.32. The fourth-order valence-electron chi connectivity index (χ4n) is 1.96. The number of nitrogens with one attached hydrogen (secondary N) is 2. The molecule has 0 bridgehead atoms. The summed E-state index contributed by atoms with van der Waals surface area (Å²) in [5, 5.41) is 5.57. The third-order valence-corrected chi connectivity index (χ3v) is 6.75. The summed E-state index contributed by atoms with van der Waals surface area (Å²) >= 11 is 1.13. The molecule has 6 nitrogen and oxygen atoms in total. The van der Waals surface area contributed by atoms with Crippen molar-refractivity contribution in [2.24, 2.45) is 0 Å². The third kappa shape index (κ3) is 4.42. The van der Waals surface area contributed by atoms with Gasteiger partial charge in [0.25, 0.3) is 0 Å². The van der Waals surface area contributed by atoms with Gasteiger partial charge >= 0.3 is 6.03 Å². The van der Waals surface area contributed by atoms with Crippen LogP contribution < -0.4 is 10.6 Å². The maximum atomic E-state index is 12.1. The van der Waals surface area contributed by atoms with Crippen LogP contribution in [0.3, 0.4) is 0 Å². The van der Waals surface area contributed by atoms with Crippen molar-refractivity contribution < 1.29 is 13.2 Å². The van der Waals surface area contributed by atoms with E-state index in [0.29, 0.717) is 17.6 Å². The number of carbonyl (C=O) groups is 1. The summed E-state index contributed by atoms with van der Waals surface area (Å²) in [5.41, 5.74) is 1.24. The van der Waals surface area contributed by atoms with E-state index in [9.17, 15) is 13.2 Å². The number of urea groups is 1. The molecule has 2 aromatic rings. The number of amides is 2. The van der Waals surface area contributed by atoms with Crippen LogP contribution in [-0.2, 0) is 9.84 Å². The van der Waals surface area contributed by atoms with Gasteiger partial charge in [-0.3, -0.25) is 0 Å². The first-order chi connectivity index (χ1) is 10.9. The highest BCUT2D eigenvalue weighted by molar-refractivity contribution is 7.93. The van der Waals surface area contributed by atoms with Gasteiger partial charge in [0, 0.05) is 11.7 Å². The van der Waals surface area contributed by atoms with E-state index in [1.54, 1.807) is 18.2 Å². The number of carbonyl (C=O) groups excluding carboxylic acids is 1. The highest BCUT2D eigenvalue weighted by Crippen LogP contribution is 2.28. The number of thiazole rings is 1. The Hall–Kier alpha value is -1.67. The van der Waals surface area contributed by atoms with Crippen LogP contribution in [0.1, 0.15) is 33.6 Å². The second kappa shape index (κ2) is 7.27. The Morgan fingerprint density at radius 2 is 2.09 bits per heavy atom. The standard InChI is InChI=1S/C15H21N3O3S2/c1-4-8-23(20,21)15-18-12-7-6-11(9-13(12)22-15)17-14(19)16-10(3)5-2/h6-7,9-10H,4-5,8H2,1-3H3,(H2,16,17,19)/t10-/m0/s1. The SMILES string of the molecule is CCCS(=O)(=O)c1nc2ccc(NC(=O)N[C@@H](C)CC)cc2s1. The van der Waals surface area contributed by atoms with Gasteiger partial charge in [-0.25, -0.2) is 18.2 Å². The zero-order valence-corrected chi connectivity index (χ0v) is 15.1. The number of hydrogen-bond acceptors (Lipinski definition) is 5. The first-order valence-corrected chi connectivity index (χ1v) is 10.0. The number of sulfone groups is 1. The number of fused-ring (bicyclic) bond motifs is 1. The molecule has 126 valence electrons. The largest absolute Gasteiger partial charge is 0.335 e. The number of nitrogens with zero attached hydrogens (tertiary/aromatic N) is 1. The zero-order chi connectivity index (χ0) is 17.0. The van der Waals surface area contributed by atoms with Crippen molar-refractivity contribution in [3.05, 3.63) is 18.2 Å². The van der Waals surface area contributed by atoms with Crippen LogP contribution in [0, 0.1) is 0 Å². The Labute approximate surface area is 140 Å². The highest BCUT2D eigenvalue weighted by atomic mass is 32.2. The molecular weight excluding hydrogens is 334 g/mol. The minimum absolute atomic E-state index is 0.0907. The molecule has 0 aliphatic rings. The lowest BCUT2D eigenvalue weighted by atomic mass is 10.2. The first-order valence-electron chi connectivity index (χ1n) is 7.56. The summed E-state index contributed by atoms with van der Waals surface area (Å²) in [6, 6.07) is 4.99. The van der Waals surface area contributed by atoms with E-state index in [-0.39, 0.29) is 22.2 Å². The van der Waals surface area contributed by atoms with Gasteiger partial charge in [-0.15, -0.1) is 11.3 Å². The molecule has 0 radical (unpaired) electrons. The van der Waals surface area contributed by atoms with E-state index in [1.807, 2.05) is 20.8 Å². The molecule has 8 heteroatoms. The number of anilines is 1. The molecule has 1 heterocycles. The first kappa shape index (κ1) is 17.7. The Bertz CT molecular complexity index is 799. The Morgan fingerprint density at radius 1 is 1.35 bits per heavy atom. The van der Waals surface area contributed by atoms with Crippen molar-refractivity contribution in [1.29, 1.82) is 0 Å². The predicted octanol–water partition coefficient (Wildman–Crippen LogP) is 3.40. The van der Waals surface area contributed by atoms with Gasteiger partial charge in [-0.05, 0) is 38.0 Å². The molecule has 0 saturated carbocycles. The molecule has 0 spiro atoms. The minimum Gasteiger partial charge on any atom is -0.335 e. The van der Waals surface area contributed by atoms with Gasteiger partial charge < -0.3 is 10.6 Å². The molecular formula is C15H21N3O3S2. The number of rotatable bonds is 6. The molecule has 0 aliphatic carbocycles. The zero-order valence-electron chi connectivity index (χ0n) is 13.4. The number of benzene rings is 1. The van der Waals surface area contributed by atoms with E-state index in [0.717, 1.165) is 22.5 Å². The summed E-state index contributed by atoms with van der Waals surface area (Å²) < 4.78 is 25.0. The van der Waals surface area contributed by atoms with Crippen LogP contribution in [0.4, 0.5) is 10.5 Å². The maximum Gasteiger partial charge on any atom is 0.319 e. The highest BCUT2D eigenvalue weighted by Gasteiger charge is 2.18. The van der Waals surface area contributed by atoms with E-state index >= 15 is 0 Å². The smallest absolute Gasteiger partial charge is 0.319 e. The second-order valence-electron chi connectivity index (χ2n) is 5.39. The molecule has 2 N–H and O–H groups in total. The monoisotopic (exact) mass is 355 g/mol. The summed E-state index contributed by atoms with van der Waals surface area (Å²) in [6.45, 7) is 5.74. The van der Waals surface area contributed by atoms with Gasteiger partial charge in [0.15, 0.2) is 0 Å². The van der Waals surface area contributed by atoms with Crippen molar-refractivity contribution in [1.82, 2.24) is 10.3 Å². The van der Waals surface area contributed by atoms with Crippen LogP contribution >= 0.6 is 11.3 Å². The molecule has 0 saturated heterocycles. The van der Waals surface area contributed by atoms with E-state index in [2.05, 4.69) is 15.6 Å².